The van der Waals surface area contributed by atoms with Gasteiger partial charge in [0.1, 0.15) is 202 Å². The zero-order chi connectivity index (χ0) is 71.3. The molecule has 41 atom stereocenters. The van der Waals surface area contributed by atoms with Crippen molar-refractivity contribution in [2.24, 2.45) is 0 Å². The van der Waals surface area contributed by atoms with Gasteiger partial charge in [0.05, 0.1) is 81.5 Å². The fraction of sp³-hybridized carbons (Fsp3) is 1.00. The van der Waals surface area contributed by atoms with Crippen LogP contribution in [-0.2, 0) is 75.8 Å². The lowest BCUT2D eigenvalue weighted by Crippen LogP contribution is -2.71. The average Bonchev–Trinajstić information content (AvgIpc) is 0.777. The van der Waals surface area contributed by atoms with Crippen molar-refractivity contribution in [1.82, 2.24) is 0 Å². The summed E-state index contributed by atoms with van der Waals surface area (Å²) in [4.78, 5) is 0. The fourth-order valence-electron chi connectivity index (χ4n) is 13.0. The standard InChI is InChI=1S/C55H98N2O40/c1-56(2,3)6-7-57(4,5)47(81)46-45-29(72)37(80)55(97-46)95-44-21(14-64)87-53(35(78)27(44)70)93-42-19(12-62)85-51(33(76)25(42)68)91-40-17(10-60)83-49(31(74)23(40)66)89-38-15(8-58)82-48(30(73)22(38)65)90-39-16(9-59)84-50(32(75)24(39)67)92-41-18(11-61)86-52(34(77)26(41)69)94-43-20(13-63)88-54(96-45)36(79)28(43)71/h15-55,58-81H,6-14H2,1-5H3/q+2/t15-,16-,17-,18-,19-,20-,21-,22-,23-,24-,25-,26-,27-,28-,29-,30-,31-,32-,33-,34-,35-,36-,37-,38-,39-,40-,41-,42-,43-,44-,45+,46+,47?,48-,49-,50-,51-,52-,53-,54-,55+/m1/s1. The second kappa shape index (κ2) is 32.8. The minimum Gasteiger partial charge on any atom is -0.394 e. The Balaban J connectivity index is 1.01. The van der Waals surface area contributed by atoms with Crippen LogP contribution in [0.25, 0.3) is 0 Å². The number of ether oxygens (including phenoxy) is 16. The van der Waals surface area contributed by atoms with Gasteiger partial charge < -0.3 is 203 Å². The molecule has 42 nitrogen and oxygen atoms in total. The van der Waals surface area contributed by atoms with Crippen molar-refractivity contribution >= 4 is 0 Å². The summed E-state index contributed by atoms with van der Waals surface area (Å²) >= 11 is 0. The average molecular weight is 1430 g/mol. The Hall–Kier alpha value is -1.68. The van der Waals surface area contributed by atoms with Crippen LogP contribution in [-0.4, -0.2) is 478 Å². The van der Waals surface area contributed by atoms with Crippen LogP contribution in [0, 0.1) is 0 Å². The molecule has 30 saturated heterocycles. The Morgan fingerprint density at radius 3 is 0.567 bits per heavy atom. The van der Waals surface area contributed by atoms with Crippen molar-refractivity contribution in [1.29, 1.82) is 0 Å². The van der Waals surface area contributed by atoms with Crippen LogP contribution >= 0.6 is 0 Å². The summed E-state index contributed by atoms with van der Waals surface area (Å²) in [5.74, 6) is 0. The van der Waals surface area contributed by atoms with Crippen LogP contribution < -0.4 is 0 Å². The maximum absolute atomic E-state index is 12.3. The predicted molar refractivity (Wildman–Crippen MR) is 300 cm³/mol. The van der Waals surface area contributed by atoms with Gasteiger partial charge >= 0.3 is 0 Å². The number of likely N-dealkylation sites (N-methyl/N-ethyl adjacent to an activating group) is 2. The van der Waals surface area contributed by atoms with E-state index in [2.05, 4.69) is 0 Å². The molecule has 0 radical (unpaired) electrons. The minimum absolute atomic E-state index is 0.159. The lowest BCUT2D eigenvalue weighted by atomic mass is 9.94. The summed E-state index contributed by atoms with van der Waals surface area (Å²) in [5, 5.41) is 271. The maximum Gasteiger partial charge on any atom is 0.220 e. The van der Waals surface area contributed by atoms with Gasteiger partial charge in [-0.2, -0.15) is 0 Å². The number of rotatable bonds is 12. The smallest absolute Gasteiger partial charge is 0.220 e. The van der Waals surface area contributed by atoms with Crippen molar-refractivity contribution in [2.45, 2.75) is 252 Å². The number of quaternary nitrogens is 2. The SMILES string of the molecule is C[N+](C)(C)CC[N+](C)(C)C(O)[C@H]1O[C@@H]2O[C@H]3[C@H](O)[C@@H](O)[C@@H](O[C@H]4[C@H](O)[C@@H](O)[C@@H](O[C@H]5[C@H](O)[C@@H](O)[C@@H](O[C@H]6[C@H](O)[C@@H](O)[C@@H](O[C@H]7[C@H](O)[C@@H](O)[C@@H](O[C@H]8[C@H](O)[C@@H](O)[C@@H](O[C@H]9[C@H](O)[C@@H](O)[C@@H](O[C@H]1[C@H](O)[C@H]2O)O[C@@H]9CO)O[C@@H]8CO)O[C@@H]7CO)O[C@@H]6CO)O[C@@H]5CO)O[C@@H]4CO)O[C@@H]3CO. The zero-order valence-corrected chi connectivity index (χ0v) is 53.2. The lowest BCUT2D eigenvalue weighted by molar-refractivity contribution is -0.970. The monoisotopic (exact) mass is 1430 g/mol. The third-order valence-corrected chi connectivity index (χ3v) is 19.0. The summed E-state index contributed by atoms with van der Waals surface area (Å²) in [7, 11) is 8.65. The van der Waals surface area contributed by atoms with E-state index in [0.29, 0.717) is 11.0 Å². The molecule has 30 heterocycles. The Morgan fingerprint density at radius 1 is 0.227 bits per heavy atom. The molecule has 30 aliphatic rings. The van der Waals surface area contributed by atoms with Crippen LogP contribution in [0.3, 0.4) is 0 Å². The molecule has 30 aliphatic heterocycles. The first kappa shape index (κ1) is 79.4. The molecule has 0 aromatic rings. The van der Waals surface area contributed by atoms with Crippen molar-refractivity contribution in [2.75, 3.05) is 94.6 Å². The van der Waals surface area contributed by atoms with Gasteiger partial charge in [0, 0.05) is 0 Å². The topological polar surface area (TPSA) is 633 Å². The van der Waals surface area contributed by atoms with Crippen LogP contribution in [0.1, 0.15) is 0 Å². The highest BCUT2D eigenvalue weighted by Crippen LogP contribution is 2.40. The number of aliphatic hydroxyl groups is 24. The van der Waals surface area contributed by atoms with E-state index in [0.717, 1.165) is 0 Å². The summed E-state index contributed by atoms with van der Waals surface area (Å²) in [6.45, 7) is -7.08. The molecule has 24 N–H and O–H groups in total. The molecule has 0 amide bonds. The molecular formula is C55H98N2O40+2. The quantitative estimate of drug-likeness (QED) is 0.0637. The van der Waals surface area contributed by atoms with E-state index < -0.39 is 298 Å². The third kappa shape index (κ3) is 16.4. The fourth-order valence-corrected chi connectivity index (χ4v) is 13.0. The number of hydrogen-bond acceptors (Lipinski definition) is 40. The molecule has 16 bridgehead atoms. The molecule has 30 rings (SSSR count). The summed E-state index contributed by atoms with van der Waals surface area (Å²) in [6, 6.07) is 0. The van der Waals surface area contributed by atoms with Gasteiger partial charge in [-0.25, -0.2) is 0 Å². The summed E-state index contributed by atoms with van der Waals surface area (Å²) < 4.78 is 93.2. The van der Waals surface area contributed by atoms with Gasteiger partial charge in [0.15, 0.2) is 56.4 Å². The zero-order valence-electron chi connectivity index (χ0n) is 53.2. The van der Waals surface area contributed by atoms with Gasteiger partial charge in [0.2, 0.25) is 6.23 Å². The molecular weight excluding hydrogens is 1330 g/mol. The van der Waals surface area contributed by atoms with Crippen molar-refractivity contribution in [3.8, 4) is 0 Å². The first-order valence-electron chi connectivity index (χ1n) is 31.6. The predicted octanol–water partition coefficient (Wildman–Crippen LogP) is -17.3. The summed E-state index contributed by atoms with van der Waals surface area (Å²) in [5.41, 5.74) is 0. The molecule has 0 spiro atoms. The second-order valence-corrected chi connectivity index (χ2v) is 27.1. The van der Waals surface area contributed by atoms with Gasteiger partial charge in [-0.3, -0.25) is 4.48 Å². The van der Waals surface area contributed by atoms with Gasteiger partial charge in [-0.05, 0) is 0 Å². The summed E-state index contributed by atoms with van der Waals surface area (Å²) in [6.07, 6.45) is -84.8. The van der Waals surface area contributed by atoms with E-state index in [1.54, 1.807) is 14.1 Å². The first-order valence-corrected chi connectivity index (χ1v) is 31.6. The van der Waals surface area contributed by atoms with Crippen molar-refractivity contribution in [3.63, 3.8) is 0 Å². The van der Waals surface area contributed by atoms with E-state index in [1.165, 1.54) is 0 Å². The Morgan fingerprint density at radius 2 is 0.392 bits per heavy atom. The highest BCUT2D eigenvalue weighted by Gasteiger charge is 2.62. The Labute approximate surface area is 552 Å². The molecule has 0 saturated carbocycles. The molecule has 97 heavy (non-hydrogen) atoms. The second-order valence-electron chi connectivity index (χ2n) is 27.1. The third-order valence-electron chi connectivity index (χ3n) is 19.0. The minimum atomic E-state index is -2.30. The van der Waals surface area contributed by atoms with Crippen LogP contribution in [0.5, 0.6) is 0 Å². The molecule has 0 aromatic heterocycles. The normalized spacial score (nSPS) is 52.1. The number of aliphatic hydroxyl groups excluding tert-OH is 24. The van der Waals surface area contributed by atoms with E-state index in [9.17, 15) is 123 Å². The highest BCUT2D eigenvalue weighted by molar-refractivity contribution is 5.03. The van der Waals surface area contributed by atoms with Crippen molar-refractivity contribution < 1.29 is 207 Å². The van der Waals surface area contributed by atoms with Gasteiger partial charge in [-0.15, -0.1) is 0 Å². The van der Waals surface area contributed by atoms with Crippen LogP contribution in [0.4, 0.5) is 0 Å². The molecule has 42 heteroatoms. The molecule has 0 aromatic carbocycles. The van der Waals surface area contributed by atoms with E-state index in [4.69, 9.17) is 75.8 Å². The van der Waals surface area contributed by atoms with Crippen molar-refractivity contribution in [3.05, 3.63) is 0 Å². The van der Waals surface area contributed by atoms with Crippen LogP contribution in [0.2, 0.25) is 0 Å². The molecule has 30 fully saturated rings. The molecule has 0 aliphatic carbocycles. The first-order chi connectivity index (χ1) is 45.7. The molecule has 566 valence electrons. The molecule has 1 unspecified atom stereocenters. The number of hydrogen-bond donors (Lipinski definition) is 24. The lowest BCUT2D eigenvalue weighted by Gasteiger charge is -2.51. The van der Waals surface area contributed by atoms with Crippen LogP contribution in [0.15, 0.2) is 0 Å². The Kier molecular flexibility index (Phi) is 26.8. The van der Waals surface area contributed by atoms with Gasteiger partial charge in [0.25, 0.3) is 0 Å². The van der Waals surface area contributed by atoms with Gasteiger partial charge in [-0.1, -0.05) is 0 Å². The largest absolute Gasteiger partial charge is 0.394 e. The maximum atomic E-state index is 12.3. The number of nitrogens with zero attached hydrogens (tertiary/aromatic N) is 2. The van der Waals surface area contributed by atoms with E-state index in [1.807, 2.05) is 21.1 Å². The Bertz CT molecular complexity index is 2420. The van der Waals surface area contributed by atoms with E-state index in [-0.39, 0.29) is 11.0 Å². The van der Waals surface area contributed by atoms with E-state index >= 15 is 0 Å². The highest BCUT2D eigenvalue weighted by atomic mass is 16.8.